The highest BCUT2D eigenvalue weighted by molar-refractivity contribution is 5.58. The lowest BCUT2D eigenvalue weighted by molar-refractivity contribution is -0.385. The van der Waals surface area contributed by atoms with Gasteiger partial charge in [-0.15, -0.1) is 0 Å². The Morgan fingerprint density at radius 2 is 2.28 bits per heavy atom. The van der Waals surface area contributed by atoms with E-state index >= 15 is 0 Å². The van der Waals surface area contributed by atoms with Crippen molar-refractivity contribution in [3.05, 3.63) is 28.3 Å². The van der Waals surface area contributed by atoms with Crippen molar-refractivity contribution in [2.24, 2.45) is 5.41 Å². The third kappa shape index (κ3) is 2.53. The van der Waals surface area contributed by atoms with Crippen LogP contribution in [0.3, 0.4) is 0 Å². The third-order valence-corrected chi connectivity index (χ3v) is 3.00. The molecule has 1 heterocycles. The molecule has 98 valence electrons. The number of nitrogens with one attached hydrogen (secondary N) is 1. The Kier molecular flexibility index (Phi) is 3.38. The summed E-state index contributed by atoms with van der Waals surface area (Å²) in [6.07, 6.45) is 0. The molecule has 1 aromatic carbocycles. The van der Waals surface area contributed by atoms with Crippen molar-refractivity contribution in [2.75, 3.05) is 32.2 Å². The fraction of sp³-hybridized carbons (Fsp3) is 0.500. The monoisotopic (exact) mass is 252 g/mol. The van der Waals surface area contributed by atoms with Gasteiger partial charge in [-0.3, -0.25) is 10.1 Å². The Morgan fingerprint density at radius 3 is 2.78 bits per heavy atom. The number of nitrogens with zero attached hydrogens (tertiary/aromatic N) is 1. The van der Waals surface area contributed by atoms with Gasteiger partial charge >= 0.3 is 5.69 Å². The standard InChI is InChI=1S/C12H16N2O4/c1-12(7-18-8-12)6-13-9-3-4-11(17-2)10(5-9)14(15)16/h3-5,13H,6-8H2,1-2H3. The van der Waals surface area contributed by atoms with Crippen molar-refractivity contribution in [1.29, 1.82) is 0 Å². The van der Waals surface area contributed by atoms with Crippen LogP contribution in [0.2, 0.25) is 0 Å². The second kappa shape index (κ2) is 4.81. The lowest BCUT2D eigenvalue weighted by Crippen LogP contribution is -2.45. The van der Waals surface area contributed by atoms with Gasteiger partial charge in [0.1, 0.15) is 0 Å². The summed E-state index contributed by atoms with van der Waals surface area (Å²) in [5.41, 5.74) is 0.808. The van der Waals surface area contributed by atoms with Crippen LogP contribution in [0.4, 0.5) is 11.4 Å². The fourth-order valence-electron chi connectivity index (χ4n) is 1.81. The lowest BCUT2D eigenvalue weighted by Gasteiger charge is -2.38. The number of methoxy groups -OCH3 is 1. The molecule has 0 radical (unpaired) electrons. The Labute approximate surface area is 105 Å². The van der Waals surface area contributed by atoms with Crippen LogP contribution in [0.25, 0.3) is 0 Å². The quantitative estimate of drug-likeness (QED) is 0.641. The molecule has 1 N–H and O–H groups in total. The topological polar surface area (TPSA) is 73.6 Å². The maximum absolute atomic E-state index is 10.9. The summed E-state index contributed by atoms with van der Waals surface area (Å²) in [4.78, 5) is 10.4. The van der Waals surface area contributed by atoms with Crippen LogP contribution in [-0.2, 0) is 4.74 Å². The molecule has 0 atom stereocenters. The third-order valence-electron chi connectivity index (χ3n) is 3.00. The van der Waals surface area contributed by atoms with Crippen LogP contribution in [0.5, 0.6) is 5.75 Å². The highest BCUT2D eigenvalue weighted by Gasteiger charge is 2.33. The number of hydrogen-bond acceptors (Lipinski definition) is 5. The minimum atomic E-state index is -0.446. The number of nitro benzene ring substituents is 1. The second-order valence-electron chi connectivity index (χ2n) is 4.80. The Balaban J connectivity index is 2.09. The van der Waals surface area contributed by atoms with E-state index in [4.69, 9.17) is 9.47 Å². The minimum Gasteiger partial charge on any atom is -0.490 e. The average Bonchev–Trinajstić information content (AvgIpc) is 2.33. The minimum absolute atomic E-state index is 0.0301. The van der Waals surface area contributed by atoms with E-state index in [1.165, 1.54) is 13.2 Å². The van der Waals surface area contributed by atoms with Gasteiger partial charge in [-0.1, -0.05) is 6.92 Å². The van der Waals surface area contributed by atoms with Gasteiger partial charge < -0.3 is 14.8 Å². The van der Waals surface area contributed by atoms with Crippen LogP contribution in [-0.4, -0.2) is 31.8 Å². The van der Waals surface area contributed by atoms with Crippen LogP contribution in [0, 0.1) is 15.5 Å². The second-order valence-corrected chi connectivity index (χ2v) is 4.80. The summed E-state index contributed by atoms with van der Waals surface area (Å²) in [5, 5.41) is 14.1. The van der Waals surface area contributed by atoms with Crippen molar-refractivity contribution in [3.63, 3.8) is 0 Å². The first-order valence-corrected chi connectivity index (χ1v) is 5.68. The number of benzene rings is 1. The molecule has 1 aromatic rings. The molecular formula is C12H16N2O4. The summed E-state index contributed by atoms with van der Waals surface area (Å²) in [7, 11) is 1.42. The molecule has 6 nitrogen and oxygen atoms in total. The van der Waals surface area contributed by atoms with Crippen LogP contribution >= 0.6 is 0 Å². The van der Waals surface area contributed by atoms with E-state index in [2.05, 4.69) is 12.2 Å². The van der Waals surface area contributed by atoms with E-state index in [9.17, 15) is 10.1 Å². The molecule has 1 aliphatic rings. The van der Waals surface area contributed by atoms with E-state index < -0.39 is 4.92 Å². The summed E-state index contributed by atoms with van der Waals surface area (Å²) in [6, 6.07) is 4.86. The van der Waals surface area contributed by atoms with E-state index in [0.717, 1.165) is 25.4 Å². The molecule has 1 fully saturated rings. The highest BCUT2D eigenvalue weighted by Crippen LogP contribution is 2.31. The van der Waals surface area contributed by atoms with Gasteiger partial charge in [-0.2, -0.15) is 0 Å². The fourth-order valence-corrected chi connectivity index (χ4v) is 1.81. The lowest BCUT2D eigenvalue weighted by atomic mass is 9.89. The Bertz CT molecular complexity index is 457. The summed E-state index contributed by atoms with van der Waals surface area (Å²) in [5.74, 6) is 0.267. The maximum Gasteiger partial charge on any atom is 0.312 e. The molecule has 1 saturated heterocycles. The number of hydrogen-bond donors (Lipinski definition) is 1. The molecule has 0 bridgehead atoms. The predicted molar refractivity (Wildman–Crippen MR) is 67.1 cm³/mol. The Morgan fingerprint density at radius 1 is 1.56 bits per heavy atom. The van der Waals surface area contributed by atoms with Crippen molar-refractivity contribution in [2.45, 2.75) is 6.92 Å². The molecule has 0 spiro atoms. The summed E-state index contributed by atoms with van der Waals surface area (Å²) >= 11 is 0. The van der Waals surface area contributed by atoms with E-state index in [0.29, 0.717) is 0 Å². The van der Waals surface area contributed by atoms with Gasteiger partial charge in [0.2, 0.25) is 0 Å². The van der Waals surface area contributed by atoms with Crippen LogP contribution in [0.15, 0.2) is 18.2 Å². The smallest absolute Gasteiger partial charge is 0.312 e. The molecular weight excluding hydrogens is 236 g/mol. The van der Waals surface area contributed by atoms with Crippen molar-refractivity contribution in [3.8, 4) is 5.75 Å². The van der Waals surface area contributed by atoms with Gasteiger partial charge in [-0.05, 0) is 12.1 Å². The largest absolute Gasteiger partial charge is 0.490 e. The van der Waals surface area contributed by atoms with Gasteiger partial charge in [0.05, 0.1) is 25.2 Å². The first kappa shape index (κ1) is 12.6. The predicted octanol–water partition coefficient (Wildman–Crippen LogP) is 2.05. The molecule has 0 unspecified atom stereocenters. The van der Waals surface area contributed by atoms with E-state index in [1.807, 2.05) is 0 Å². The normalized spacial score (nSPS) is 16.8. The maximum atomic E-state index is 10.9. The molecule has 0 saturated carbocycles. The van der Waals surface area contributed by atoms with Crippen molar-refractivity contribution < 1.29 is 14.4 Å². The number of nitro groups is 1. The van der Waals surface area contributed by atoms with Gasteiger partial charge in [0.25, 0.3) is 0 Å². The van der Waals surface area contributed by atoms with Crippen molar-refractivity contribution >= 4 is 11.4 Å². The number of ether oxygens (including phenoxy) is 2. The average molecular weight is 252 g/mol. The molecule has 1 aliphatic heterocycles. The van der Waals surface area contributed by atoms with Crippen LogP contribution in [0.1, 0.15) is 6.92 Å². The molecule has 18 heavy (non-hydrogen) atoms. The first-order valence-electron chi connectivity index (χ1n) is 5.68. The molecule has 0 aromatic heterocycles. The summed E-state index contributed by atoms with van der Waals surface area (Å²) < 4.78 is 10.1. The van der Waals surface area contributed by atoms with E-state index in [1.54, 1.807) is 12.1 Å². The molecule has 6 heteroatoms. The highest BCUT2D eigenvalue weighted by atomic mass is 16.6. The Hall–Kier alpha value is -1.82. The zero-order valence-corrected chi connectivity index (χ0v) is 10.4. The zero-order valence-electron chi connectivity index (χ0n) is 10.4. The molecule has 0 amide bonds. The summed E-state index contributed by atoms with van der Waals surface area (Å²) in [6.45, 7) is 4.29. The SMILES string of the molecule is COc1ccc(NCC2(C)COC2)cc1[N+](=O)[O-]. The van der Waals surface area contributed by atoms with E-state index in [-0.39, 0.29) is 16.9 Å². The zero-order chi connectivity index (χ0) is 13.2. The van der Waals surface area contributed by atoms with Crippen LogP contribution < -0.4 is 10.1 Å². The first-order chi connectivity index (χ1) is 8.54. The van der Waals surface area contributed by atoms with Gasteiger partial charge in [-0.25, -0.2) is 0 Å². The molecule has 0 aliphatic carbocycles. The molecule has 2 rings (SSSR count). The number of rotatable bonds is 5. The van der Waals surface area contributed by atoms with Gasteiger partial charge in [0, 0.05) is 23.7 Å². The van der Waals surface area contributed by atoms with Crippen molar-refractivity contribution in [1.82, 2.24) is 0 Å². The number of anilines is 1. The van der Waals surface area contributed by atoms with Gasteiger partial charge in [0.15, 0.2) is 5.75 Å².